The molecular formula is C21H26O4. The number of aromatic carboxylic acids is 1. The lowest BCUT2D eigenvalue weighted by Crippen LogP contribution is -2.16. The summed E-state index contributed by atoms with van der Waals surface area (Å²) in [6.45, 7) is 9.49. The van der Waals surface area contributed by atoms with Gasteiger partial charge in [0.25, 0.3) is 0 Å². The number of hydrogen-bond donors (Lipinski definition) is 1. The average Bonchev–Trinajstić information content (AvgIpc) is 2.58. The van der Waals surface area contributed by atoms with Gasteiger partial charge in [-0.05, 0) is 53.3 Å². The van der Waals surface area contributed by atoms with Crippen LogP contribution in [0.5, 0.6) is 11.5 Å². The summed E-state index contributed by atoms with van der Waals surface area (Å²) in [5.41, 5.74) is 2.74. The summed E-state index contributed by atoms with van der Waals surface area (Å²) in [4.78, 5) is 10.8. The fraction of sp³-hybridized carbons (Fsp3) is 0.381. The van der Waals surface area contributed by atoms with E-state index >= 15 is 0 Å². The van der Waals surface area contributed by atoms with Crippen molar-refractivity contribution in [3.05, 3.63) is 59.2 Å². The van der Waals surface area contributed by atoms with Gasteiger partial charge in [0.05, 0.1) is 5.56 Å². The predicted octanol–water partition coefficient (Wildman–Crippen LogP) is 4.70. The maximum atomic E-state index is 10.8. The van der Waals surface area contributed by atoms with E-state index in [1.54, 1.807) is 12.1 Å². The first kappa shape index (κ1) is 18.8. The van der Waals surface area contributed by atoms with Gasteiger partial charge in [-0.25, -0.2) is 4.79 Å². The summed E-state index contributed by atoms with van der Waals surface area (Å²) in [6.07, 6.45) is 0.999. The first-order chi connectivity index (χ1) is 11.8. The van der Waals surface area contributed by atoms with E-state index in [9.17, 15) is 4.79 Å². The molecule has 2 aromatic carbocycles. The first-order valence-electron chi connectivity index (χ1n) is 8.53. The van der Waals surface area contributed by atoms with Crippen LogP contribution in [0.3, 0.4) is 0 Å². The molecule has 0 heterocycles. The molecule has 0 amide bonds. The second-order valence-electron chi connectivity index (χ2n) is 6.96. The normalized spacial score (nSPS) is 11.2. The molecule has 0 aliphatic heterocycles. The lowest BCUT2D eigenvalue weighted by molar-refractivity contribution is 0.0697. The van der Waals surface area contributed by atoms with E-state index in [-0.39, 0.29) is 11.0 Å². The molecule has 0 fully saturated rings. The van der Waals surface area contributed by atoms with Crippen LogP contribution in [0.1, 0.15) is 49.2 Å². The van der Waals surface area contributed by atoms with Crippen LogP contribution < -0.4 is 9.47 Å². The fourth-order valence-corrected chi connectivity index (χ4v) is 2.51. The molecule has 0 saturated carbocycles. The summed E-state index contributed by atoms with van der Waals surface area (Å²) in [7, 11) is 0. The van der Waals surface area contributed by atoms with E-state index in [0.29, 0.717) is 19.0 Å². The van der Waals surface area contributed by atoms with Crippen LogP contribution in [0.4, 0.5) is 0 Å². The molecule has 0 bridgehead atoms. The van der Waals surface area contributed by atoms with E-state index in [1.807, 2.05) is 6.07 Å². The standard InChI is InChI=1S/C21H26O4/c1-5-15-6-11-19(18(14-15)21(2,3)4)25-13-12-24-17-9-7-16(8-10-17)20(22)23/h6-11,14H,5,12-13H2,1-4H3,(H,22,23). The molecule has 0 radical (unpaired) electrons. The van der Waals surface area contributed by atoms with E-state index in [2.05, 4.69) is 39.8 Å². The molecule has 2 aromatic rings. The zero-order valence-electron chi connectivity index (χ0n) is 15.3. The van der Waals surface area contributed by atoms with Gasteiger partial charge in [-0.2, -0.15) is 0 Å². The highest BCUT2D eigenvalue weighted by atomic mass is 16.5. The molecule has 0 atom stereocenters. The third kappa shape index (κ3) is 5.24. The van der Waals surface area contributed by atoms with Crippen molar-refractivity contribution >= 4 is 5.97 Å². The van der Waals surface area contributed by atoms with Crippen LogP contribution in [0.25, 0.3) is 0 Å². The van der Waals surface area contributed by atoms with E-state index in [0.717, 1.165) is 12.2 Å². The second-order valence-corrected chi connectivity index (χ2v) is 6.96. The number of carboxylic acids is 1. The molecule has 0 saturated heterocycles. The summed E-state index contributed by atoms with van der Waals surface area (Å²) < 4.78 is 11.5. The summed E-state index contributed by atoms with van der Waals surface area (Å²) >= 11 is 0. The van der Waals surface area contributed by atoms with Crippen LogP contribution in [-0.2, 0) is 11.8 Å². The lowest BCUT2D eigenvalue weighted by Gasteiger charge is -2.23. The number of aryl methyl sites for hydroxylation is 1. The minimum Gasteiger partial charge on any atom is -0.490 e. The van der Waals surface area contributed by atoms with Crippen molar-refractivity contribution in [3.63, 3.8) is 0 Å². The maximum Gasteiger partial charge on any atom is 0.335 e. The maximum absolute atomic E-state index is 10.8. The molecule has 4 nitrogen and oxygen atoms in total. The Balaban J connectivity index is 1.94. The van der Waals surface area contributed by atoms with Crippen LogP contribution in [-0.4, -0.2) is 24.3 Å². The number of ether oxygens (including phenoxy) is 2. The average molecular weight is 342 g/mol. The Hall–Kier alpha value is -2.49. The van der Waals surface area contributed by atoms with Crippen molar-refractivity contribution in [1.82, 2.24) is 0 Å². The molecule has 0 unspecified atom stereocenters. The number of benzene rings is 2. The van der Waals surface area contributed by atoms with Crippen molar-refractivity contribution in [2.75, 3.05) is 13.2 Å². The minimum absolute atomic E-state index is 0.00797. The van der Waals surface area contributed by atoms with E-state index in [1.165, 1.54) is 23.3 Å². The summed E-state index contributed by atoms with van der Waals surface area (Å²) in [5.74, 6) is 0.570. The van der Waals surface area contributed by atoms with E-state index in [4.69, 9.17) is 14.6 Å². The smallest absolute Gasteiger partial charge is 0.335 e. The van der Waals surface area contributed by atoms with E-state index < -0.39 is 5.97 Å². The van der Waals surface area contributed by atoms with Gasteiger partial charge < -0.3 is 14.6 Å². The molecule has 0 aromatic heterocycles. The topological polar surface area (TPSA) is 55.8 Å². The zero-order chi connectivity index (χ0) is 18.4. The molecule has 0 aliphatic rings. The number of hydrogen-bond acceptors (Lipinski definition) is 3. The van der Waals surface area contributed by atoms with Gasteiger partial charge in [0.1, 0.15) is 24.7 Å². The Labute approximate surface area is 149 Å². The minimum atomic E-state index is -0.944. The zero-order valence-corrected chi connectivity index (χ0v) is 15.3. The Kier molecular flexibility index (Phi) is 6.07. The Morgan fingerprint density at radius 2 is 1.64 bits per heavy atom. The predicted molar refractivity (Wildman–Crippen MR) is 98.9 cm³/mol. The highest BCUT2D eigenvalue weighted by Crippen LogP contribution is 2.32. The molecule has 134 valence electrons. The molecular weight excluding hydrogens is 316 g/mol. The van der Waals surface area contributed by atoms with Crippen LogP contribution >= 0.6 is 0 Å². The van der Waals surface area contributed by atoms with Gasteiger partial charge in [-0.15, -0.1) is 0 Å². The number of carboxylic acid groups (broad SMARTS) is 1. The molecule has 4 heteroatoms. The SMILES string of the molecule is CCc1ccc(OCCOc2ccc(C(=O)O)cc2)c(C(C)(C)C)c1. The third-order valence-electron chi connectivity index (χ3n) is 3.97. The molecule has 25 heavy (non-hydrogen) atoms. The highest BCUT2D eigenvalue weighted by Gasteiger charge is 2.19. The molecule has 0 spiro atoms. The molecule has 0 aliphatic carbocycles. The van der Waals surface area contributed by atoms with Crippen molar-refractivity contribution in [2.24, 2.45) is 0 Å². The van der Waals surface area contributed by atoms with Crippen LogP contribution in [0.2, 0.25) is 0 Å². The van der Waals surface area contributed by atoms with Crippen LogP contribution in [0.15, 0.2) is 42.5 Å². The van der Waals surface area contributed by atoms with Gasteiger partial charge in [-0.1, -0.05) is 39.8 Å². The number of rotatable bonds is 7. The van der Waals surface area contributed by atoms with Crippen LogP contribution in [0, 0.1) is 0 Å². The highest BCUT2D eigenvalue weighted by molar-refractivity contribution is 5.87. The quantitative estimate of drug-likeness (QED) is 0.741. The first-order valence-corrected chi connectivity index (χ1v) is 8.53. The summed E-state index contributed by atoms with van der Waals surface area (Å²) in [5, 5.41) is 8.88. The van der Waals surface area contributed by atoms with Crippen molar-refractivity contribution in [2.45, 2.75) is 39.5 Å². The Bertz CT molecular complexity index is 712. The van der Waals surface area contributed by atoms with Gasteiger partial charge in [0.2, 0.25) is 0 Å². The summed E-state index contributed by atoms with van der Waals surface area (Å²) in [6, 6.07) is 12.7. The van der Waals surface area contributed by atoms with Gasteiger partial charge in [0.15, 0.2) is 0 Å². The third-order valence-corrected chi connectivity index (χ3v) is 3.97. The largest absolute Gasteiger partial charge is 0.490 e. The van der Waals surface area contributed by atoms with Crippen molar-refractivity contribution in [1.29, 1.82) is 0 Å². The fourth-order valence-electron chi connectivity index (χ4n) is 2.51. The monoisotopic (exact) mass is 342 g/mol. The molecule has 2 rings (SSSR count). The van der Waals surface area contributed by atoms with Gasteiger partial charge in [-0.3, -0.25) is 0 Å². The number of carbonyl (C=O) groups is 1. The lowest BCUT2D eigenvalue weighted by atomic mass is 9.85. The van der Waals surface area contributed by atoms with Gasteiger partial charge in [0, 0.05) is 0 Å². The van der Waals surface area contributed by atoms with Crippen molar-refractivity contribution < 1.29 is 19.4 Å². The second kappa shape index (κ2) is 8.06. The Morgan fingerprint density at radius 3 is 2.20 bits per heavy atom. The van der Waals surface area contributed by atoms with Crippen molar-refractivity contribution in [3.8, 4) is 11.5 Å². The Morgan fingerprint density at radius 1 is 1.00 bits per heavy atom. The van der Waals surface area contributed by atoms with Gasteiger partial charge >= 0.3 is 5.97 Å². The molecule has 1 N–H and O–H groups in total.